The summed E-state index contributed by atoms with van der Waals surface area (Å²) in [4.78, 5) is 36.3. The maximum absolute atomic E-state index is 12.4. The highest BCUT2D eigenvalue weighted by atomic mass is 16.6. The third-order valence-electron chi connectivity index (χ3n) is 4.36. The Labute approximate surface area is 185 Å². The summed E-state index contributed by atoms with van der Waals surface area (Å²) < 4.78 is 15.7. The van der Waals surface area contributed by atoms with Crippen molar-refractivity contribution in [3.8, 4) is 5.75 Å². The molecule has 0 aliphatic rings. The van der Waals surface area contributed by atoms with Gasteiger partial charge in [-0.3, -0.25) is 4.79 Å². The van der Waals surface area contributed by atoms with Gasteiger partial charge in [0.15, 0.2) is 0 Å². The van der Waals surface area contributed by atoms with Gasteiger partial charge in [-0.25, -0.2) is 9.59 Å². The Bertz CT molecular complexity index is 1040. The van der Waals surface area contributed by atoms with Crippen molar-refractivity contribution in [2.45, 2.75) is 19.6 Å². The normalized spacial score (nSPS) is 10.1. The fourth-order valence-electron chi connectivity index (χ4n) is 2.74. The van der Waals surface area contributed by atoms with E-state index in [1.165, 1.54) is 12.1 Å². The number of hydrogen-bond acceptors (Lipinski definition) is 6. The molecule has 0 heterocycles. The summed E-state index contributed by atoms with van der Waals surface area (Å²) >= 11 is 0. The summed E-state index contributed by atoms with van der Waals surface area (Å²) in [6, 6.07) is 24.8. The van der Waals surface area contributed by atoms with Crippen LogP contribution in [0.15, 0.2) is 84.9 Å². The van der Waals surface area contributed by atoms with E-state index >= 15 is 0 Å². The fourth-order valence-corrected chi connectivity index (χ4v) is 2.74. The van der Waals surface area contributed by atoms with Crippen LogP contribution in [0, 0.1) is 0 Å². The molecule has 0 aromatic heterocycles. The number of carbonyl (C=O) groups is 3. The Morgan fingerprint density at radius 1 is 0.688 bits per heavy atom. The number of esters is 2. The summed E-state index contributed by atoms with van der Waals surface area (Å²) in [7, 11) is 0. The lowest BCUT2D eigenvalue weighted by molar-refractivity contribution is -0.144. The molecule has 0 radical (unpaired) electrons. The molecule has 0 saturated carbocycles. The van der Waals surface area contributed by atoms with Crippen LogP contribution in [0.1, 0.15) is 27.9 Å². The molecule has 0 bridgehead atoms. The lowest BCUT2D eigenvalue weighted by Crippen LogP contribution is -2.29. The van der Waals surface area contributed by atoms with E-state index in [4.69, 9.17) is 14.2 Å². The Kier molecular flexibility index (Phi) is 8.39. The highest BCUT2D eigenvalue weighted by molar-refractivity contribution is 5.93. The van der Waals surface area contributed by atoms with Crippen LogP contribution in [-0.4, -0.2) is 24.6 Å². The van der Waals surface area contributed by atoms with E-state index in [0.717, 1.165) is 11.1 Å². The molecule has 1 N–H and O–H groups in total. The van der Waals surface area contributed by atoms with E-state index in [1.54, 1.807) is 12.1 Å². The van der Waals surface area contributed by atoms with Gasteiger partial charge in [-0.05, 0) is 23.3 Å². The average Bonchev–Trinajstić information content (AvgIpc) is 2.83. The maximum atomic E-state index is 12.4. The second-order valence-corrected chi connectivity index (χ2v) is 6.77. The molecule has 164 valence electrons. The summed E-state index contributed by atoms with van der Waals surface area (Å²) in [5.74, 6) is -0.990. The molecule has 3 rings (SSSR count). The molecule has 7 nitrogen and oxygen atoms in total. The van der Waals surface area contributed by atoms with Crippen molar-refractivity contribution in [2.75, 3.05) is 6.54 Å². The van der Waals surface area contributed by atoms with Crippen LogP contribution in [0.25, 0.3) is 0 Å². The number of ether oxygens (including phenoxy) is 3. The van der Waals surface area contributed by atoms with Crippen molar-refractivity contribution in [1.29, 1.82) is 0 Å². The van der Waals surface area contributed by atoms with Crippen molar-refractivity contribution in [3.63, 3.8) is 0 Å². The Balaban J connectivity index is 1.43. The molecule has 0 aliphatic heterocycles. The first-order chi connectivity index (χ1) is 15.6. The number of carbonyl (C=O) groups excluding carboxylic acids is 3. The zero-order valence-electron chi connectivity index (χ0n) is 17.4. The van der Waals surface area contributed by atoms with Crippen LogP contribution in [0.3, 0.4) is 0 Å². The van der Waals surface area contributed by atoms with E-state index in [0.29, 0.717) is 0 Å². The predicted octanol–water partition coefficient (Wildman–Crippen LogP) is 4.27. The fraction of sp³-hybridized carbons (Fsp3) is 0.160. The number of amides is 1. The lowest BCUT2D eigenvalue weighted by Gasteiger charge is -2.11. The van der Waals surface area contributed by atoms with Crippen molar-refractivity contribution in [3.05, 3.63) is 102 Å². The van der Waals surface area contributed by atoms with Crippen LogP contribution in [-0.2, 0) is 27.5 Å². The Hall–Kier alpha value is -4.13. The molecule has 0 fully saturated rings. The largest absolute Gasteiger partial charge is 0.461 e. The number of para-hydroxylation sites is 1. The second-order valence-electron chi connectivity index (χ2n) is 6.77. The molecule has 0 atom stereocenters. The number of hydrogen-bond donors (Lipinski definition) is 1. The molecule has 3 aromatic carbocycles. The molecule has 32 heavy (non-hydrogen) atoms. The SMILES string of the molecule is O=C(CCNC(=O)Oc1ccccc1C(=O)OCc1ccccc1)OCc1ccccc1. The monoisotopic (exact) mass is 433 g/mol. The predicted molar refractivity (Wildman–Crippen MR) is 117 cm³/mol. The molecule has 0 unspecified atom stereocenters. The highest BCUT2D eigenvalue weighted by Gasteiger charge is 2.16. The third kappa shape index (κ3) is 7.28. The number of rotatable bonds is 9. The quantitative estimate of drug-likeness (QED) is 0.507. The molecular formula is C25H23NO6. The van der Waals surface area contributed by atoms with Crippen molar-refractivity contribution < 1.29 is 28.6 Å². The van der Waals surface area contributed by atoms with Crippen molar-refractivity contribution in [1.82, 2.24) is 5.32 Å². The van der Waals surface area contributed by atoms with Gasteiger partial charge in [0.25, 0.3) is 0 Å². The zero-order valence-corrected chi connectivity index (χ0v) is 17.4. The van der Waals surface area contributed by atoms with Gasteiger partial charge in [0.1, 0.15) is 24.5 Å². The lowest BCUT2D eigenvalue weighted by atomic mass is 10.2. The molecule has 7 heteroatoms. The van der Waals surface area contributed by atoms with Gasteiger partial charge in [0.2, 0.25) is 0 Å². The highest BCUT2D eigenvalue weighted by Crippen LogP contribution is 2.20. The molecular weight excluding hydrogens is 410 g/mol. The van der Waals surface area contributed by atoms with Gasteiger partial charge >= 0.3 is 18.0 Å². The summed E-state index contributed by atoms with van der Waals surface area (Å²) in [6.45, 7) is 0.307. The smallest absolute Gasteiger partial charge is 0.412 e. The van der Waals surface area contributed by atoms with Gasteiger partial charge in [-0.2, -0.15) is 0 Å². The Morgan fingerprint density at radius 3 is 1.91 bits per heavy atom. The Morgan fingerprint density at radius 2 is 1.25 bits per heavy atom. The first-order valence-corrected chi connectivity index (χ1v) is 10.1. The molecule has 0 spiro atoms. The standard InChI is InChI=1S/C25H23NO6/c27-23(30-17-19-9-3-1-4-10-19)15-16-26-25(29)32-22-14-8-7-13-21(22)24(28)31-18-20-11-5-2-6-12-20/h1-14H,15-18H2,(H,26,29). The maximum Gasteiger partial charge on any atom is 0.412 e. The van der Waals surface area contributed by atoms with E-state index < -0.39 is 18.0 Å². The van der Waals surface area contributed by atoms with Gasteiger partial charge < -0.3 is 19.5 Å². The van der Waals surface area contributed by atoms with E-state index in [9.17, 15) is 14.4 Å². The first-order valence-electron chi connectivity index (χ1n) is 10.1. The minimum Gasteiger partial charge on any atom is -0.461 e. The number of nitrogens with one attached hydrogen (secondary N) is 1. The van der Waals surface area contributed by atoms with Gasteiger partial charge in [0.05, 0.1) is 6.42 Å². The van der Waals surface area contributed by atoms with E-state index in [-0.39, 0.29) is 37.5 Å². The van der Waals surface area contributed by atoms with E-state index in [1.807, 2.05) is 60.7 Å². The topological polar surface area (TPSA) is 90.9 Å². The third-order valence-corrected chi connectivity index (χ3v) is 4.36. The summed E-state index contributed by atoms with van der Waals surface area (Å²) in [6.07, 6.45) is -0.799. The van der Waals surface area contributed by atoms with Crippen LogP contribution < -0.4 is 10.1 Å². The second kappa shape index (κ2) is 11.9. The molecule has 1 amide bonds. The van der Waals surface area contributed by atoms with Crippen LogP contribution in [0.5, 0.6) is 5.75 Å². The average molecular weight is 433 g/mol. The minimum absolute atomic E-state index is 0.0112. The van der Waals surface area contributed by atoms with Crippen LogP contribution in [0.4, 0.5) is 4.79 Å². The van der Waals surface area contributed by atoms with Gasteiger partial charge in [-0.1, -0.05) is 72.8 Å². The minimum atomic E-state index is -0.788. The van der Waals surface area contributed by atoms with Crippen LogP contribution >= 0.6 is 0 Å². The zero-order chi connectivity index (χ0) is 22.6. The molecule has 3 aromatic rings. The molecule has 0 aliphatic carbocycles. The van der Waals surface area contributed by atoms with Crippen LogP contribution in [0.2, 0.25) is 0 Å². The number of benzene rings is 3. The first kappa shape index (κ1) is 22.6. The van der Waals surface area contributed by atoms with Gasteiger partial charge in [0, 0.05) is 6.54 Å². The molecule has 0 saturated heterocycles. The van der Waals surface area contributed by atoms with Crippen molar-refractivity contribution >= 4 is 18.0 Å². The van der Waals surface area contributed by atoms with Gasteiger partial charge in [-0.15, -0.1) is 0 Å². The van der Waals surface area contributed by atoms with Crippen molar-refractivity contribution in [2.24, 2.45) is 0 Å². The summed E-state index contributed by atoms with van der Waals surface area (Å²) in [5.41, 5.74) is 1.85. The summed E-state index contributed by atoms with van der Waals surface area (Å²) in [5, 5.41) is 2.47. The van der Waals surface area contributed by atoms with E-state index in [2.05, 4.69) is 5.32 Å².